The molecule has 0 aliphatic heterocycles. The number of pyridine rings is 1. The van der Waals surface area contributed by atoms with Gasteiger partial charge in [0.05, 0.1) is 34.8 Å². The van der Waals surface area contributed by atoms with Crippen LogP contribution in [0.5, 0.6) is 0 Å². The summed E-state index contributed by atoms with van der Waals surface area (Å²) in [5.74, 6) is -0.388. The van der Waals surface area contributed by atoms with Gasteiger partial charge in [-0.3, -0.25) is 14.9 Å². The van der Waals surface area contributed by atoms with E-state index in [1.165, 1.54) is 0 Å². The Morgan fingerprint density at radius 3 is 2.55 bits per heavy atom. The van der Waals surface area contributed by atoms with Crippen molar-refractivity contribution < 1.29 is 9.53 Å². The normalized spacial score (nSPS) is 12.5. The number of rotatable bonds is 6. The molecule has 5 rings (SSSR count). The van der Waals surface area contributed by atoms with E-state index in [0.717, 1.165) is 33.3 Å². The molecule has 0 amide bonds. The number of carbonyl (C=O) groups is 1. The molecule has 1 atom stereocenters. The molecule has 2 N–H and O–H groups in total. The summed E-state index contributed by atoms with van der Waals surface area (Å²) in [6.07, 6.45) is 3.50. The molecule has 0 radical (unpaired) electrons. The lowest BCUT2D eigenvalue weighted by molar-refractivity contribution is 0.0879. The number of methoxy groups -OCH3 is 1. The predicted molar refractivity (Wildman–Crippen MR) is 119 cm³/mol. The van der Waals surface area contributed by atoms with Crippen LogP contribution in [0.1, 0.15) is 27.7 Å². The van der Waals surface area contributed by atoms with Crippen LogP contribution in [0.25, 0.3) is 33.2 Å². The first-order valence-electron chi connectivity index (χ1n) is 10.0. The Labute approximate surface area is 178 Å². The number of aromatic amines is 2. The molecule has 2 aromatic carbocycles. The summed E-state index contributed by atoms with van der Waals surface area (Å²) in [6.45, 7) is 2.28. The number of ketones is 1. The minimum absolute atomic E-state index is 0.145. The highest BCUT2D eigenvalue weighted by Gasteiger charge is 2.26. The molecule has 0 bridgehead atoms. The van der Waals surface area contributed by atoms with Crippen LogP contribution in [-0.2, 0) is 4.74 Å². The van der Waals surface area contributed by atoms with Gasteiger partial charge in [-0.15, -0.1) is 0 Å². The Morgan fingerprint density at radius 1 is 1.03 bits per heavy atom. The number of hydrogen-bond acceptors (Lipinski definition) is 5. The Balaban J connectivity index is 1.56. The van der Waals surface area contributed by atoms with Crippen LogP contribution >= 0.6 is 0 Å². The first-order chi connectivity index (χ1) is 15.1. The van der Waals surface area contributed by atoms with E-state index in [0.29, 0.717) is 11.0 Å². The Kier molecular flexibility index (Phi) is 4.80. The molecule has 31 heavy (non-hydrogen) atoms. The molecule has 0 saturated carbocycles. The van der Waals surface area contributed by atoms with Crippen molar-refractivity contribution >= 4 is 27.7 Å². The van der Waals surface area contributed by atoms with Gasteiger partial charge in [-0.05, 0) is 36.8 Å². The molecule has 0 aliphatic rings. The van der Waals surface area contributed by atoms with Crippen LogP contribution < -0.4 is 0 Å². The van der Waals surface area contributed by atoms with E-state index in [1.807, 2.05) is 55.5 Å². The second-order valence-corrected chi connectivity index (χ2v) is 7.58. The van der Waals surface area contributed by atoms with Gasteiger partial charge in [0.25, 0.3) is 0 Å². The molecule has 0 unspecified atom stereocenters. The van der Waals surface area contributed by atoms with Gasteiger partial charge in [0, 0.05) is 30.5 Å². The van der Waals surface area contributed by atoms with Gasteiger partial charge in [-0.25, -0.2) is 9.97 Å². The van der Waals surface area contributed by atoms with E-state index >= 15 is 0 Å². The molecule has 5 aromatic rings. The molecule has 0 spiro atoms. The van der Waals surface area contributed by atoms with Crippen molar-refractivity contribution in [2.45, 2.75) is 12.8 Å². The Hall–Kier alpha value is -3.84. The van der Waals surface area contributed by atoms with Gasteiger partial charge in [0.2, 0.25) is 5.78 Å². The Bertz CT molecular complexity index is 1390. The van der Waals surface area contributed by atoms with E-state index in [9.17, 15) is 4.79 Å². The van der Waals surface area contributed by atoms with Crippen molar-refractivity contribution in [3.63, 3.8) is 0 Å². The highest BCUT2D eigenvalue weighted by Crippen LogP contribution is 2.30. The van der Waals surface area contributed by atoms with E-state index in [4.69, 9.17) is 4.74 Å². The maximum atomic E-state index is 13.3. The maximum absolute atomic E-state index is 13.3. The zero-order valence-corrected chi connectivity index (χ0v) is 17.2. The van der Waals surface area contributed by atoms with Gasteiger partial charge in [-0.1, -0.05) is 29.8 Å². The molecule has 154 valence electrons. The third-order valence-electron chi connectivity index (χ3n) is 5.44. The third-order valence-corrected chi connectivity index (χ3v) is 5.44. The molecule has 7 heteroatoms. The number of Topliss-reactive ketones (excluding diaryl/α,β-unsaturated/α-hetero) is 1. The first-order valence-corrected chi connectivity index (χ1v) is 10.0. The van der Waals surface area contributed by atoms with Crippen LogP contribution in [0.4, 0.5) is 0 Å². The molecule has 7 nitrogen and oxygen atoms in total. The summed E-state index contributed by atoms with van der Waals surface area (Å²) in [4.78, 5) is 26.5. The highest BCUT2D eigenvalue weighted by atomic mass is 16.5. The summed E-state index contributed by atoms with van der Waals surface area (Å²) in [5.41, 5.74) is 6.19. The fraction of sp³-hybridized carbons (Fsp3) is 0.167. The van der Waals surface area contributed by atoms with Crippen LogP contribution in [0, 0.1) is 6.92 Å². The molecular formula is C24H21N5O2. The fourth-order valence-corrected chi connectivity index (χ4v) is 3.91. The lowest BCUT2D eigenvalue weighted by atomic mass is 9.94. The summed E-state index contributed by atoms with van der Waals surface area (Å²) in [7, 11) is 1.60. The zero-order valence-electron chi connectivity index (χ0n) is 17.2. The molecule has 0 fully saturated rings. The minimum Gasteiger partial charge on any atom is -0.384 e. The number of fused-ring (bicyclic) bond motifs is 2. The van der Waals surface area contributed by atoms with Gasteiger partial charge in [0.15, 0.2) is 5.82 Å². The molecule has 3 aromatic heterocycles. The number of nitrogens with zero attached hydrogens (tertiary/aromatic N) is 3. The van der Waals surface area contributed by atoms with Gasteiger partial charge in [-0.2, -0.15) is 0 Å². The monoisotopic (exact) mass is 411 g/mol. The summed E-state index contributed by atoms with van der Waals surface area (Å²) in [5, 5.41) is 7.35. The lowest BCUT2D eigenvalue weighted by Crippen LogP contribution is -2.19. The van der Waals surface area contributed by atoms with E-state index in [1.54, 1.807) is 19.5 Å². The number of nitrogens with one attached hydrogen (secondary N) is 2. The number of benzene rings is 2. The molecular weight excluding hydrogens is 390 g/mol. The van der Waals surface area contributed by atoms with Crippen molar-refractivity contribution in [1.29, 1.82) is 0 Å². The Morgan fingerprint density at radius 2 is 1.81 bits per heavy atom. The average molecular weight is 411 g/mol. The summed E-state index contributed by atoms with van der Waals surface area (Å²) in [6, 6.07) is 15.6. The van der Waals surface area contributed by atoms with Crippen LogP contribution in [0.3, 0.4) is 0 Å². The standard InChI is InChI=1S/C24H21N5O2/c1-14-4-3-5-16(10-14)18(13-31-2)23(30)24-26-20-11-17-19(12-21(20)27-24)28-29-22(17)15-6-8-25-9-7-15/h3-12,18,28-29H,13H2,1-2H3/t18-/m1/s1. The predicted octanol–water partition coefficient (Wildman–Crippen LogP) is 4.42. The van der Waals surface area contributed by atoms with E-state index in [-0.39, 0.29) is 18.2 Å². The second-order valence-electron chi connectivity index (χ2n) is 7.58. The third kappa shape index (κ3) is 3.49. The van der Waals surface area contributed by atoms with Crippen molar-refractivity contribution in [1.82, 2.24) is 25.1 Å². The van der Waals surface area contributed by atoms with Gasteiger partial charge < -0.3 is 9.84 Å². The number of ether oxygens (including phenoxy) is 1. The summed E-state index contributed by atoms with van der Waals surface area (Å²) < 4.78 is 5.34. The smallest absolute Gasteiger partial charge is 0.209 e. The van der Waals surface area contributed by atoms with Gasteiger partial charge >= 0.3 is 0 Å². The SMILES string of the molecule is COC[C@@H](C(=O)c1nc2cc3[nH][nH]c(-c4ccncc4)c3cc2n1)c1cccc(C)c1. The van der Waals surface area contributed by atoms with Crippen molar-refractivity contribution in [2.75, 3.05) is 13.7 Å². The first kappa shape index (κ1) is 19.1. The second kappa shape index (κ2) is 7.77. The number of H-pyrrole nitrogens is 2. The van der Waals surface area contributed by atoms with Gasteiger partial charge in [0.1, 0.15) is 0 Å². The molecule has 0 saturated heterocycles. The molecule has 0 aliphatic carbocycles. The average Bonchev–Trinajstić information content (AvgIpc) is 3.39. The maximum Gasteiger partial charge on any atom is 0.209 e. The van der Waals surface area contributed by atoms with Crippen molar-refractivity contribution in [3.8, 4) is 11.3 Å². The van der Waals surface area contributed by atoms with Crippen LogP contribution in [-0.4, -0.2) is 44.6 Å². The molecule has 3 heterocycles. The largest absolute Gasteiger partial charge is 0.384 e. The number of aryl methyl sites for hydroxylation is 1. The van der Waals surface area contributed by atoms with Crippen molar-refractivity contribution in [3.05, 3.63) is 77.9 Å². The van der Waals surface area contributed by atoms with Crippen molar-refractivity contribution in [2.24, 2.45) is 0 Å². The lowest BCUT2D eigenvalue weighted by Gasteiger charge is -2.14. The van der Waals surface area contributed by atoms with Crippen LogP contribution in [0.2, 0.25) is 0 Å². The fourth-order valence-electron chi connectivity index (χ4n) is 3.91. The topological polar surface area (TPSA) is 96.5 Å². The summed E-state index contributed by atoms with van der Waals surface area (Å²) >= 11 is 0. The number of hydrogen-bond donors (Lipinski definition) is 2. The zero-order chi connectivity index (χ0) is 21.4. The number of aromatic nitrogens is 5. The van der Waals surface area contributed by atoms with E-state index in [2.05, 4.69) is 25.1 Å². The number of carbonyl (C=O) groups excluding carboxylic acids is 1. The highest BCUT2D eigenvalue weighted by molar-refractivity contribution is 6.04. The minimum atomic E-state index is -0.452. The number of imidazole rings is 1. The van der Waals surface area contributed by atoms with Crippen LogP contribution in [0.15, 0.2) is 60.9 Å². The quantitative estimate of drug-likeness (QED) is 0.403. The van der Waals surface area contributed by atoms with E-state index < -0.39 is 5.92 Å².